The summed E-state index contributed by atoms with van der Waals surface area (Å²) in [5, 5.41) is 9.51. The van der Waals surface area contributed by atoms with Crippen molar-refractivity contribution in [1.29, 1.82) is 0 Å². The Labute approximate surface area is 122 Å². The molecule has 1 aliphatic rings. The van der Waals surface area contributed by atoms with E-state index in [-0.39, 0.29) is 16.7 Å². The molecular weight excluding hydrogens is 301 g/mol. The zero-order valence-corrected chi connectivity index (χ0v) is 11.9. The molecule has 1 aliphatic heterocycles. The number of benzene rings is 1. The summed E-state index contributed by atoms with van der Waals surface area (Å²) in [5.41, 5.74) is 0.395. The zero-order valence-electron chi connectivity index (χ0n) is 10.3. The summed E-state index contributed by atoms with van der Waals surface area (Å²) in [6.07, 6.45) is 0. The smallest absolute Gasteiger partial charge is 0.346 e. The Morgan fingerprint density at radius 1 is 1.45 bits per heavy atom. The molecule has 2 heterocycles. The van der Waals surface area contributed by atoms with E-state index in [4.69, 9.17) is 0 Å². The van der Waals surface area contributed by atoms with E-state index < -0.39 is 11.8 Å². The first-order valence-corrected chi connectivity index (χ1v) is 7.73. The molecule has 1 amide bonds. The number of aromatic carboxylic acids is 1. The number of thioether (sulfide) groups is 1. The van der Waals surface area contributed by atoms with Crippen LogP contribution in [0.1, 0.15) is 15.2 Å². The summed E-state index contributed by atoms with van der Waals surface area (Å²) in [4.78, 5) is 24.7. The number of fused-ring (bicyclic) bond motifs is 1. The molecule has 4 nitrogen and oxygen atoms in total. The Hall–Kier alpha value is -1.60. The molecule has 0 bridgehead atoms. The second-order valence-corrected chi connectivity index (χ2v) is 6.46. The van der Waals surface area contributed by atoms with Crippen molar-refractivity contribution < 1.29 is 19.1 Å². The molecule has 1 fully saturated rings. The van der Waals surface area contributed by atoms with Crippen molar-refractivity contribution in [2.75, 3.05) is 12.3 Å². The van der Waals surface area contributed by atoms with Gasteiger partial charge in [-0.1, -0.05) is 17.8 Å². The number of nitrogens with zero attached hydrogens (tertiary/aromatic N) is 1. The minimum Gasteiger partial charge on any atom is -0.477 e. The summed E-state index contributed by atoms with van der Waals surface area (Å²) in [5.74, 6) is -0.841. The van der Waals surface area contributed by atoms with Crippen molar-refractivity contribution in [1.82, 2.24) is 4.90 Å². The highest BCUT2D eigenvalue weighted by molar-refractivity contribution is 8.13. The van der Waals surface area contributed by atoms with Crippen molar-refractivity contribution in [2.24, 2.45) is 0 Å². The Kier molecular flexibility index (Phi) is 3.39. The fraction of sp³-hybridized carbons (Fsp3) is 0.231. The van der Waals surface area contributed by atoms with Gasteiger partial charge in [-0.2, -0.15) is 0 Å². The van der Waals surface area contributed by atoms with Crippen LogP contribution in [-0.2, 0) is 6.54 Å². The molecule has 0 atom stereocenters. The number of hydrogen-bond donors (Lipinski definition) is 1. The van der Waals surface area contributed by atoms with Crippen molar-refractivity contribution >= 4 is 44.4 Å². The molecule has 3 rings (SSSR count). The van der Waals surface area contributed by atoms with Gasteiger partial charge in [-0.15, -0.1) is 11.3 Å². The van der Waals surface area contributed by atoms with Crippen LogP contribution < -0.4 is 0 Å². The van der Waals surface area contributed by atoms with E-state index in [0.29, 0.717) is 27.9 Å². The molecule has 1 aromatic carbocycles. The van der Waals surface area contributed by atoms with Crippen LogP contribution in [0.2, 0.25) is 0 Å². The quantitative estimate of drug-likeness (QED) is 0.944. The minimum atomic E-state index is -1.08. The lowest BCUT2D eigenvalue weighted by Gasteiger charge is -2.14. The van der Waals surface area contributed by atoms with Crippen LogP contribution in [-0.4, -0.2) is 33.5 Å². The number of carbonyl (C=O) groups excluding carboxylic acids is 1. The number of carboxylic acid groups (broad SMARTS) is 1. The molecule has 1 N–H and O–H groups in total. The van der Waals surface area contributed by atoms with E-state index in [1.807, 2.05) is 0 Å². The second-order valence-electron chi connectivity index (χ2n) is 4.36. The SMILES string of the molecule is O=C(O)c1sc2cccc(F)c2c1CN1CCSC1=O. The van der Waals surface area contributed by atoms with Gasteiger partial charge in [0.2, 0.25) is 0 Å². The number of carboxylic acids is 1. The summed E-state index contributed by atoms with van der Waals surface area (Å²) >= 11 is 2.25. The Morgan fingerprint density at radius 3 is 2.90 bits per heavy atom. The predicted octanol–water partition coefficient (Wildman–Crippen LogP) is 3.41. The molecule has 1 aromatic heterocycles. The average molecular weight is 311 g/mol. The lowest BCUT2D eigenvalue weighted by molar-refractivity contribution is 0.0700. The number of hydrogen-bond acceptors (Lipinski definition) is 4. The minimum absolute atomic E-state index is 0.0861. The lowest BCUT2D eigenvalue weighted by atomic mass is 10.1. The highest BCUT2D eigenvalue weighted by atomic mass is 32.2. The number of rotatable bonds is 3. The fourth-order valence-corrected chi connectivity index (χ4v) is 4.14. The van der Waals surface area contributed by atoms with Crippen molar-refractivity contribution in [3.63, 3.8) is 0 Å². The van der Waals surface area contributed by atoms with Crippen LogP contribution >= 0.6 is 23.1 Å². The highest BCUT2D eigenvalue weighted by Crippen LogP contribution is 2.35. The number of halogens is 1. The van der Waals surface area contributed by atoms with Gasteiger partial charge in [0.25, 0.3) is 5.24 Å². The van der Waals surface area contributed by atoms with Gasteiger partial charge in [-0.25, -0.2) is 9.18 Å². The van der Waals surface area contributed by atoms with Gasteiger partial charge < -0.3 is 10.0 Å². The van der Waals surface area contributed by atoms with E-state index >= 15 is 0 Å². The summed E-state index contributed by atoms with van der Waals surface area (Å²) in [6.45, 7) is 0.711. The molecule has 0 saturated carbocycles. The van der Waals surface area contributed by atoms with Crippen LogP contribution in [0, 0.1) is 5.82 Å². The number of thiophene rings is 1. The maximum Gasteiger partial charge on any atom is 0.346 e. The van der Waals surface area contributed by atoms with Gasteiger partial charge >= 0.3 is 5.97 Å². The molecule has 1 saturated heterocycles. The molecule has 2 aromatic rings. The Balaban J connectivity index is 2.13. The monoisotopic (exact) mass is 311 g/mol. The normalized spacial score (nSPS) is 15.2. The Morgan fingerprint density at radius 2 is 2.25 bits per heavy atom. The number of amides is 1. The van der Waals surface area contributed by atoms with Crippen LogP contribution in [0.3, 0.4) is 0 Å². The maximum atomic E-state index is 14.0. The van der Waals surface area contributed by atoms with Crippen LogP contribution in [0.25, 0.3) is 10.1 Å². The van der Waals surface area contributed by atoms with Gasteiger partial charge in [0.05, 0.1) is 0 Å². The molecule has 104 valence electrons. The van der Waals surface area contributed by atoms with E-state index in [9.17, 15) is 19.1 Å². The van der Waals surface area contributed by atoms with Gasteiger partial charge in [0.1, 0.15) is 10.7 Å². The molecular formula is C13H10FNO3S2. The van der Waals surface area contributed by atoms with Gasteiger partial charge in [0, 0.05) is 34.5 Å². The van der Waals surface area contributed by atoms with Crippen molar-refractivity contribution in [2.45, 2.75) is 6.54 Å². The van der Waals surface area contributed by atoms with E-state index in [0.717, 1.165) is 11.3 Å². The molecule has 20 heavy (non-hydrogen) atoms. The summed E-state index contributed by atoms with van der Waals surface area (Å²) < 4.78 is 14.6. The maximum absolute atomic E-state index is 14.0. The molecule has 0 radical (unpaired) electrons. The van der Waals surface area contributed by atoms with Crippen molar-refractivity contribution in [3.8, 4) is 0 Å². The van der Waals surface area contributed by atoms with E-state index in [1.54, 1.807) is 17.0 Å². The third kappa shape index (κ3) is 2.16. The first-order chi connectivity index (χ1) is 9.58. The van der Waals surface area contributed by atoms with Gasteiger partial charge in [-0.3, -0.25) is 4.79 Å². The third-order valence-corrected chi connectivity index (χ3v) is 5.23. The molecule has 0 spiro atoms. The second kappa shape index (κ2) is 5.06. The fourth-order valence-electron chi connectivity index (χ4n) is 2.25. The average Bonchev–Trinajstić information content (AvgIpc) is 2.96. The standard InChI is InChI=1S/C13H10FNO3S2/c14-8-2-1-3-9-10(8)7(11(20-9)12(16)17)6-15-4-5-19-13(15)18/h1-3H,4-6H2,(H,16,17). The lowest BCUT2D eigenvalue weighted by Crippen LogP contribution is -2.23. The Bertz CT molecular complexity index is 713. The van der Waals surface area contributed by atoms with Crippen LogP contribution in [0.5, 0.6) is 0 Å². The number of carbonyl (C=O) groups is 2. The predicted molar refractivity (Wildman–Crippen MR) is 77.0 cm³/mol. The van der Waals surface area contributed by atoms with Crippen LogP contribution in [0.4, 0.5) is 9.18 Å². The third-order valence-electron chi connectivity index (χ3n) is 3.15. The zero-order chi connectivity index (χ0) is 14.3. The van der Waals surface area contributed by atoms with E-state index in [1.165, 1.54) is 17.8 Å². The topological polar surface area (TPSA) is 57.6 Å². The van der Waals surface area contributed by atoms with Gasteiger partial charge in [-0.05, 0) is 12.1 Å². The van der Waals surface area contributed by atoms with Crippen molar-refractivity contribution in [3.05, 3.63) is 34.5 Å². The summed E-state index contributed by atoms with van der Waals surface area (Å²) in [6, 6.07) is 4.56. The highest BCUT2D eigenvalue weighted by Gasteiger charge is 2.26. The van der Waals surface area contributed by atoms with Crippen LogP contribution in [0.15, 0.2) is 18.2 Å². The molecule has 0 unspecified atom stereocenters. The molecule has 7 heteroatoms. The summed E-state index contributed by atoms with van der Waals surface area (Å²) in [7, 11) is 0. The largest absolute Gasteiger partial charge is 0.477 e. The van der Waals surface area contributed by atoms with E-state index in [2.05, 4.69) is 0 Å². The first-order valence-electron chi connectivity index (χ1n) is 5.93. The first kappa shape index (κ1) is 13.4. The van der Waals surface area contributed by atoms with Gasteiger partial charge in [0.15, 0.2) is 0 Å². The molecule has 0 aliphatic carbocycles.